The largest absolute Gasteiger partial charge is 0.350 e. The van der Waals surface area contributed by atoms with E-state index in [1.165, 1.54) is 12.1 Å². The Kier molecular flexibility index (Phi) is 4.15. The van der Waals surface area contributed by atoms with Crippen LogP contribution in [0.2, 0.25) is 0 Å². The van der Waals surface area contributed by atoms with Gasteiger partial charge in [0.15, 0.2) is 0 Å². The first-order valence-corrected chi connectivity index (χ1v) is 5.86. The molecule has 1 aromatic carbocycles. The third kappa shape index (κ3) is 4.00. The molecule has 94 valence electrons. The number of aryl methyl sites for hydroxylation is 1. The number of amides is 1. The zero-order valence-electron chi connectivity index (χ0n) is 10.5. The Morgan fingerprint density at radius 2 is 2.00 bits per heavy atom. The van der Waals surface area contributed by atoms with Crippen LogP contribution in [0, 0.1) is 12.7 Å². The van der Waals surface area contributed by atoms with Gasteiger partial charge in [-0.3, -0.25) is 4.79 Å². The molecule has 0 aromatic heterocycles. The maximum absolute atomic E-state index is 12.9. The molecule has 1 rings (SSSR count). The normalized spacial score (nSPS) is 13.3. The minimum Gasteiger partial charge on any atom is -0.350 e. The molecule has 0 aliphatic carbocycles. The molecule has 1 atom stereocenters. The van der Waals surface area contributed by atoms with Gasteiger partial charge in [-0.15, -0.1) is 11.6 Å². The van der Waals surface area contributed by atoms with Crippen LogP contribution in [0.15, 0.2) is 18.2 Å². The molecule has 0 aliphatic heterocycles. The summed E-state index contributed by atoms with van der Waals surface area (Å²) in [6.07, 6.45) is 0. The van der Waals surface area contributed by atoms with E-state index < -0.39 is 5.38 Å². The van der Waals surface area contributed by atoms with Gasteiger partial charge < -0.3 is 5.32 Å². The van der Waals surface area contributed by atoms with E-state index in [0.717, 1.165) is 0 Å². The van der Waals surface area contributed by atoms with Crippen LogP contribution in [-0.2, 0) is 4.79 Å². The van der Waals surface area contributed by atoms with Crippen molar-refractivity contribution in [1.29, 1.82) is 0 Å². The zero-order chi connectivity index (χ0) is 13.2. The van der Waals surface area contributed by atoms with Crippen LogP contribution >= 0.6 is 11.6 Å². The van der Waals surface area contributed by atoms with Crippen LogP contribution < -0.4 is 5.32 Å². The number of hydrogen-bond acceptors (Lipinski definition) is 1. The predicted octanol–water partition coefficient (Wildman–Crippen LogP) is 3.33. The first kappa shape index (κ1) is 14.0. The smallest absolute Gasteiger partial charge is 0.243 e. The molecular formula is C13H17ClFNO. The van der Waals surface area contributed by atoms with Crippen LogP contribution in [0.4, 0.5) is 4.39 Å². The van der Waals surface area contributed by atoms with Gasteiger partial charge in [-0.1, -0.05) is 6.07 Å². The average Bonchev–Trinajstić information content (AvgIpc) is 2.14. The number of alkyl halides is 1. The highest BCUT2D eigenvalue weighted by atomic mass is 35.5. The van der Waals surface area contributed by atoms with Gasteiger partial charge in [-0.25, -0.2) is 4.39 Å². The third-order valence-electron chi connectivity index (χ3n) is 2.23. The van der Waals surface area contributed by atoms with E-state index in [1.54, 1.807) is 13.0 Å². The van der Waals surface area contributed by atoms with Gasteiger partial charge in [0.25, 0.3) is 0 Å². The van der Waals surface area contributed by atoms with E-state index in [-0.39, 0.29) is 17.3 Å². The van der Waals surface area contributed by atoms with E-state index >= 15 is 0 Å². The Labute approximate surface area is 106 Å². The van der Waals surface area contributed by atoms with Gasteiger partial charge in [-0.2, -0.15) is 0 Å². The highest BCUT2D eigenvalue weighted by Gasteiger charge is 2.23. The molecule has 0 spiro atoms. The van der Waals surface area contributed by atoms with Gasteiger partial charge in [-0.05, 0) is 51.0 Å². The van der Waals surface area contributed by atoms with E-state index in [1.807, 2.05) is 20.8 Å². The lowest BCUT2D eigenvalue weighted by Gasteiger charge is -2.23. The quantitative estimate of drug-likeness (QED) is 0.809. The number of nitrogens with one attached hydrogen (secondary N) is 1. The molecule has 17 heavy (non-hydrogen) atoms. The summed E-state index contributed by atoms with van der Waals surface area (Å²) in [7, 11) is 0. The Bertz CT molecular complexity index is 426. The van der Waals surface area contributed by atoms with Crippen molar-refractivity contribution in [1.82, 2.24) is 5.32 Å². The summed E-state index contributed by atoms with van der Waals surface area (Å²) < 4.78 is 12.9. The lowest BCUT2D eigenvalue weighted by molar-refractivity contribution is -0.122. The van der Waals surface area contributed by atoms with E-state index in [9.17, 15) is 9.18 Å². The van der Waals surface area contributed by atoms with Crippen LogP contribution in [0.1, 0.15) is 37.3 Å². The number of halogens is 2. The number of carbonyl (C=O) groups is 1. The van der Waals surface area contributed by atoms with Crippen molar-refractivity contribution in [2.75, 3.05) is 0 Å². The van der Waals surface area contributed by atoms with E-state index in [4.69, 9.17) is 11.6 Å². The second-order valence-electron chi connectivity index (χ2n) is 5.10. The summed E-state index contributed by atoms with van der Waals surface area (Å²) in [5.74, 6) is -0.597. The number of rotatable bonds is 2. The Balaban J connectivity index is 2.89. The van der Waals surface area contributed by atoms with Gasteiger partial charge in [0.2, 0.25) is 5.91 Å². The van der Waals surface area contributed by atoms with Crippen LogP contribution in [0.3, 0.4) is 0 Å². The van der Waals surface area contributed by atoms with Gasteiger partial charge in [0.05, 0.1) is 0 Å². The lowest BCUT2D eigenvalue weighted by Crippen LogP contribution is -2.42. The van der Waals surface area contributed by atoms with Crippen molar-refractivity contribution in [2.45, 2.75) is 38.6 Å². The highest BCUT2D eigenvalue weighted by Crippen LogP contribution is 2.25. The van der Waals surface area contributed by atoms with Crippen molar-refractivity contribution in [3.8, 4) is 0 Å². The molecule has 4 heteroatoms. The fourth-order valence-electron chi connectivity index (χ4n) is 1.50. The molecule has 0 fully saturated rings. The molecule has 1 unspecified atom stereocenters. The third-order valence-corrected chi connectivity index (χ3v) is 2.67. The van der Waals surface area contributed by atoms with Gasteiger partial charge >= 0.3 is 0 Å². The maximum Gasteiger partial charge on any atom is 0.243 e. The summed E-state index contributed by atoms with van der Waals surface area (Å²) in [6.45, 7) is 7.38. The fourth-order valence-corrected chi connectivity index (χ4v) is 1.80. The van der Waals surface area contributed by atoms with Crippen LogP contribution in [-0.4, -0.2) is 11.4 Å². The summed E-state index contributed by atoms with van der Waals surface area (Å²) in [5.41, 5.74) is 0.974. The average molecular weight is 258 g/mol. The molecule has 2 nitrogen and oxygen atoms in total. The van der Waals surface area contributed by atoms with Crippen LogP contribution in [0.25, 0.3) is 0 Å². The van der Waals surface area contributed by atoms with Crippen molar-refractivity contribution >= 4 is 17.5 Å². The van der Waals surface area contributed by atoms with Crippen molar-refractivity contribution < 1.29 is 9.18 Å². The number of carbonyl (C=O) groups excluding carboxylic acids is 1. The van der Waals surface area contributed by atoms with E-state index in [2.05, 4.69) is 5.32 Å². The summed E-state index contributed by atoms with van der Waals surface area (Å²) in [6, 6.07) is 4.22. The summed E-state index contributed by atoms with van der Waals surface area (Å²) in [5, 5.41) is 2.00. The molecule has 1 amide bonds. The standard InChI is InChI=1S/C13H17ClFNO/c1-8-7-9(15)5-6-10(8)11(14)12(17)16-13(2,3)4/h5-7,11H,1-4H3,(H,16,17). The first-order chi connectivity index (χ1) is 7.70. The topological polar surface area (TPSA) is 29.1 Å². The Morgan fingerprint density at radius 1 is 1.41 bits per heavy atom. The SMILES string of the molecule is Cc1cc(F)ccc1C(Cl)C(=O)NC(C)(C)C. The van der Waals surface area contributed by atoms with Gasteiger partial charge in [0, 0.05) is 5.54 Å². The number of benzene rings is 1. The first-order valence-electron chi connectivity index (χ1n) is 5.43. The van der Waals surface area contributed by atoms with Crippen LogP contribution in [0.5, 0.6) is 0 Å². The van der Waals surface area contributed by atoms with Gasteiger partial charge in [0.1, 0.15) is 11.2 Å². The van der Waals surface area contributed by atoms with Crippen molar-refractivity contribution in [3.05, 3.63) is 35.1 Å². The molecule has 0 saturated carbocycles. The number of hydrogen-bond donors (Lipinski definition) is 1. The summed E-state index contributed by atoms with van der Waals surface area (Å²) in [4.78, 5) is 11.9. The molecule has 0 aliphatic rings. The van der Waals surface area contributed by atoms with Crippen molar-refractivity contribution in [3.63, 3.8) is 0 Å². The molecule has 1 N–H and O–H groups in total. The molecule has 0 saturated heterocycles. The fraction of sp³-hybridized carbons (Fsp3) is 0.462. The highest BCUT2D eigenvalue weighted by molar-refractivity contribution is 6.30. The molecule has 0 heterocycles. The Morgan fingerprint density at radius 3 is 2.47 bits per heavy atom. The predicted molar refractivity (Wildman–Crippen MR) is 67.6 cm³/mol. The Hall–Kier alpha value is -1.09. The molecular weight excluding hydrogens is 241 g/mol. The minimum absolute atomic E-state index is 0.270. The molecule has 0 radical (unpaired) electrons. The van der Waals surface area contributed by atoms with Crippen molar-refractivity contribution in [2.24, 2.45) is 0 Å². The molecule has 1 aromatic rings. The van der Waals surface area contributed by atoms with E-state index in [0.29, 0.717) is 11.1 Å². The lowest BCUT2D eigenvalue weighted by atomic mass is 10.0. The second-order valence-corrected chi connectivity index (χ2v) is 5.54. The second kappa shape index (κ2) is 5.05. The maximum atomic E-state index is 12.9. The monoisotopic (exact) mass is 257 g/mol. The minimum atomic E-state index is -0.796. The zero-order valence-corrected chi connectivity index (χ0v) is 11.2. The summed E-state index contributed by atoms with van der Waals surface area (Å²) >= 11 is 6.09. The molecule has 0 bridgehead atoms.